The van der Waals surface area contributed by atoms with Gasteiger partial charge in [0.2, 0.25) is 11.8 Å². The molecule has 1 atom stereocenters. The van der Waals surface area contributed by atoms with Crippen LogP contribution in [-0.4, -0.2) is 28.8 Å². The molecule has 0 heterocycles. The number of rotatable bonds is 8. The van der Waals surface area contributed by atoms with Gasteiger partial charge in [0.05, 0.1) is 6.42 Å². The summed E-state index contributed by atoms with van der Waals surface area (Å²) >= 11 is 0. The van der Waals surface area contributed by atoms with Crippen LogP contribution >= 0.6 is 0 Å². The van der Waals surface area contributed by atoms with Gasteiger partial charge in [-0.2, -0.15) is 0 Å². The maximum Gasteiger partial charge on any atom is 0.243 e. The zero-order valence-corrected chi connectivity index (χ0v) is 19.2. The molecule has 2 aromatic rings. The minimum Gasteiger partial charge on any atom is -0.352 e. The molecule has 4 heteroatoms. The molecule has 0 spiro atoms. The number of amides is 2. The molecule has 0 aromatic heterocycles. The van der Waals surface area contributed by atoms with Crippen molar-refractivity contribution >= 4 is 11.8 Å². The molecule has 0 bridgehead atoms. The van der Waals surface area contributed by atoms with Gasteiger partial charge in [-0.25, -0.2) is 0 Å². The Balaban J connectivity index is 1.81. The lowest BCUT2D eigenvalue weighted by Gasteiger charge is -2.33. The minimum atomic E-state index is -0.459. The second kappa shape index (κ2) is 11.1. The lowest BCUT2D eigenvalue weighted by molar-refractivity contribution is -0.141. The third-order valence-electron chi connectivity index (χ3n) is 6.21. The largest absolute Gasteiger partial charge is 0.352 e. The number of benzene rings is 2. The zero-order chi connectivity index (χ0) is 22.2. The summed E-state index contributed by atoms with van der Waals surface area (Å²) in [5, 5.41) is 3.24. The predicted octanol–water partition coefficient (Wildman–Crippen LogP) is 5.10. The maximum atomic E-state index is 13.5. The van der Waals surface area contributed by atoms with Crippen molar-refractivity contribution in [3.8, 4) is 0 Å². The van der Waals surface area contributed by atoms with E-state index in [2.05, 4.69) is 24.4 Å². The molecule has 166 valence electrons. The quantitative estimate of drug-likeness (QED) is 0.646. The molecule has 1 N–H and O–H groups in total. The SMILES string of the molecule is CCC(C(=O)NC1CCCCC1)N(Cc1cccc(C)c1)C(=O)Cc1cccc(C)c1. The predicted molar refractivity (Wildman–Crippen MR) is 126 cm³/mol. The van der Waals surface area contributed by atoms with Crippen LogP contribution in [0.15, 0.2) is 48.5 Å². The van der Waals surface area contributed by atoms with Crippen molar-refractivity contribution in [1.29, 1.82) is 0 Å². The summed E-state index contributed by atoms with van der Waals surface area (Å²) in [6.07, 6.45) is 6.57. The van der Waals surface area contributed by atoms with Crippen molar-refractivity contribution in [2.45, 2.75) is 84.3 Å². The van der Waals surface area contributed by atoms with Crippen molar-refractivity contribution in [3.63, 3.8) is 0 Å². The Labute approximate surface area is 187 Å². The molecular formula is C27H36N2O2. The highest BCUT2D eigenvalue weighted by Crippen LogP contribution is 2.20. The van der Waals surface area contributed by atoms with Crippen LogP contribution in [0, 0.1) is 13.8 Å². The van der Waals surface area contributed by atoms with Gasteiger partial charge >= 0.3 is 0 Å². The number of aryl methyl sites for hydroxylation is 2. The fourth-order valence-electron chi connectivity index (χ4n) is 4.57. The summed E-state index contributed by atoms with van der Waals surface area (Å²) in [6, 6.07) is 16.0. The van der Waals surface area contributed by atoms with E-state index in [1.54, 1.807) is 4.90 Å². The Kier molecular flexibility index (Phi) is 8.27. The van der Waals surface area contributed by atoms with Crippen LogP contribution in [0.3, 0.4) is 0 Å². The van der Waals surface area contributed by atoms with Gasteiger partial charge in [0.15, 0.2) is 0 Å². The monoisotopic (exact) mass is 420 g/mol. The second-order valence-electron chi connectivity index (χ2n) is 8.94. The number of carbonyl (C=O) groups is 2. The third-order valence-corrected chi connectivity index (χ3v) is 6.21. The number of nitrogens with zero attached hydrogens (tertiary/aromatic N) is 1. The van der Waals surface area contributed by atoms with E-state index in [-0.39, 0.29) is 17.9 Å². The van der Waals surface area contributed by atoms with Gasteiger partial charge in [-0.1, -0.05) is 85.8 Å². The lowest BCUT2D eigenvalue weighted by Crippen LogP contribution is -2.51. The van der Waals surface area contributed by atoms with Crippen molar-refractivity contribution in [3.05, 3.63) is 70.8 Å². The Morgan fingerprint density at radius 1 is 0.968 bits per heavy atom. The first-order chi connectivity index (χ1) is 15.0. The first kappa shape index (κ1) is 23.1. The third kappa shape index (κ3) is 6.68. The van der Waals surface area contributed by atoms with E-state index in [9.17, 15) is 9.59 Å². The van der Waals surface area contributed by atoms with Crippen LogP contribution in [0.25, 0.3) is 0 Å². The molecule has 1 saturated carbocycles. The van der Waals surface area contributed by atoms with Gasteiger partial charge in [-0.05, 0) is 44.2 Å². The molecule has 0 saturated heterocycles. The van der Waals surface area contributed by atoms with Crippen molar-refractivity contribution in [2.75, 3.05) is 0 Å². The van der Waals surface area contributed by atoms with Crippen LogP contribution in [0.1, 0.15) is 67.7 Å². The molecular weight excluding hydrogens is 384 g/mol. The first-order valence-electron chi connectivity index (χ1n) is 11.7. The van der Waals surface area contributed by atoms with Gasteiger partial charge in [0.25, 0.3) is 0 Å². The molecule has 1 aliphatic rings. The summed E-state index contributed by atoms with van der Waals surface area (Å²) in [5.41, 5.74) is 4.34. The van der Waals surface area contributed by atoms with E-state index in [4.69, 9.17) is 0 Å². The molecule has 1 aliphatic carbocycles. The van der Waals surface area contributed by atoms with Crippen LogP contribution in [0.4, 0.5) is 0 Å². The summed E-state index contributed by atoms with van der Waals surface area (Å²) in [5.74, 6) is -0.0163. The van der Waals surface area contributed by atoms with E-state index in [0.29, 0.717) is 19.4 Å². The van der Waals surface area contributed by atoms with Gasteiger partial charge in [0.1, 0.15) is 6.04 Å². The van der Waals surface area contributed by atoms with E-state index in [1.807, 2.05) is 50.2 Å². The smallest absolute Gasteiger partial charge is 0.243 e. The minimum absolute atomic E-state index is 0.00208. The average Bonchev–Trinajstić information content (AvgIpc) is 2.74. The summed E-state index contributed by atoms with van der Waals surface area (Å²) in [6.45, 7) is 6.53. The Hall–Kier alpha value is -2.62. The zero-order valence-electron chi connectivity index (χ0n) is 19.2. The molecule has 1 fully saturated rings. The van der Waals surface area contributed by atoms with Crippen LogP contribution in [-0.2, 0) is 22.6 Å². The number of carbonyl (C=O) groups excluding carboxylic acids is 2. The summed E-state index contributed by atoms with van der Waals surface area (Å²) in [4.78, 5) is 28.5. The molecule has 2 aromatic carbocycles. The summed E-state index contributed by atoms with van der Waals surface area (Å²) in [7, 11) is 0. The highest BCUT2D eigenvalue weighted by atomic mass is 16.2. The first-order valence-corrected chi connectivity index (χ1v) is 11.7. The molecule has 3 rings (SSSR count). The number of hydrogen-bond donors (Lipinski definition) is 1. The molecule has 2 amide bonds. The van der Waals surface area contributed by atoms with Crippen molar-refractivity contribution in [1.82, 2.24) is 10.2 Å². The van der Waals surface area contributed by atoms with Gasteiger partial charge in [0, 0.05) is 12.6 Å². The van der Waals surface area contributed by atoms with E-state index in [0.717, 1.165) is 35.1 Å². The fraction of sp³-hybridized carbons (Fsp3) is 0.481. The lowest BCUT2D eigenvalue weighted by atomic mass is 9.95. The van der Waals surface area contributed by atoms with Gasteiger partial charge in [-0.15, -0.1) is 0 Å². The maximum absolute atomic E-state index is 13.5. The highest BCUT2D eigenvalue weighted by molar-refractivity contribution is 5.88. The summed E-state index contributed by atoms with van der Waals surface area (Å²) < 4.78 is 0. The standard InChI is InChI=1S/C27H36N2O2/c1-4-25(27(31)28-24-14-6-5-7-15-24)29(19-23-13-9-11-21(3)17-23)26(30)18-22-12-8-10-20(2)16-22/h8-13,16-17,24-25H,4-7,14-15,18-19H2,1-3H3,(H,28,31). The van der Waals surface area contributed by atoms with Crippen LogP contribution < -0.4 is 5.32 Å². The number of hydrogen-bond acceptors (Lipinski definition) is 2. The van der Waals surface area contributed by atoms with E-state index in [1.165, 1.54) is 19.3 Å². The Morgan fingerprint density at radius 3 is 2.19 bits per heavy atom. The Bertz CT molecular complexity index is 886. The molecule has 0 aliphatic heterocycles. The molecule has 1 unspecified atom stereocenters. The van der Waals surface area contributed by atoms with E-state index < -0.39 is 6.04 Å². The fourth-order valence-corrected chi connectivity index (χ4v) is 4.57. The normalized spacial score (nSPS) is 15.3. The van der Waals surface area contributed by atoms with E-state index >= 15 is 0 Å². The average molecular weight is 421 g/mol. The molecule has 4 nitrogen and oxygen atoms in total. The topological polar surface area (TPSA) is 49.4 Å². The number of nitrogens with one attached hydrogen (secondary N) is 1. The van der Waals surface area contributed by atoms with Crippen LogP contribution in [0.5, 0.6) is 0 Å². The second-order valence-corrected chi connectivity index (χ2v) is 8.94. The molecule has 0 radical (unpaired) electrons. The van der Waals surface area contributed by atoms with Crippen LogP contribution in [0.2, 0.25) is 0 Å². The highest BCUT2D eigenvalue weighted by Gasteiger charge is 2.30. The van der Waals surface area contributed by atoms with Gasteiger partial charge < -0.3 is 10.2 Å². The van der Waals surface area contributed by atoms with Crippen molar-refractivity contribution < 1.29 is 9.59 Å². The van der Waals surface area contributed by atoms with Crippen molar-refractivity contribution in [2.24, 2.45) is 0 Å². The Morgan fingerprint density at radius 2 is 1.58 bits per heavy atom. The molecule has 31 heavy (non-hydrogen) atoms. The van der Waals surface area contributed by atoms with Gasteiger partial charge in [-0.3, -0.25) is 9.59 Å².